The molecular weight excluding hydrogens is 439 g/mol. The van der Waals surface area contributed by atoms with Gasteiger partial charge in [0.05, 0.1) is 11.8 Å². The molecule has 0 bridgehead atoms. The lowest BCUT2D eigenvalue weighted by Crippen LogP contribution is -2.36. The molecule has 32 heavy (non-hydrogen) atoms. The molecule has 0 aromatic heterocycles. The molecule has 2 unspecified atom stereocenters. The summed E-state index contributed by atoms with van der Waals surface area (Å²) in [6.07, 6.45) is -4.54. The lowest BCUT2D eigenvalue weighted by molar-refractivity contribution is -0.192. The van der Waals surface area contributed by atoms with Gasteiger partial charge in [-0.1, -0.05) is 0 Å². The van der Waals surface area contributed by atoms with Gasteiger partial charge in [-0.15, -0.1) is 0 Å². The molecule has 0 spiro atoms. The van der Waals surface area contributed by atoms with Crippen LogP contribution in [0.25, 0.3) is 0 Å². The molecule has 1 aromatic carbocycles. The Morgan fingerprint density at radius 3 is 2.12 bits per heavy atom. The summed E-state index contributed by atoms with van der Waals surface area (Å²) < 4.78 is 31.7. The van der Waals surface area contributed by atoms with Gasteiger partial charge in [-0.05, 0) is 37.1 Å². The first-order valence-corrected chi connectivity index (χ1v) is 9.07. The highest BCUT2D eigenvalue weighted by Crippen LogP contribution is 2.31. The van der Waals surface area contributed by atoms with Crippen LogP contribution < -0.4 is 21.7 Å². The first-order valence-electron chi connectivity index (χ1n) is 9.07. The van der Waals surface area contributed by atoms with Crippen molar-refractivity contribution in [3.8, 4) is 0 Å². The highest BCUT2D eigenvalue weighted by atomic mass is 19.4. The summed E-state index contributed by atoms with van der Waals surface area (Å²) >= 11 is 0. The zero-order valence-corrected chi connectivity index (χ0v) is 16.6. The summed E-state index contributed by atoms with van der Waals surface area (Å²) in [6, 6.07) is 5.92. The average molecular weight is 461 g/mol. The number of aliphatic carboxylic acids is 2. The number of anilines is 1. The van der Waals surface area contributed by atoms with Crippen molar-refractivity contribution in [1.29, 1.82) is 5.41 Å². The average Bonchev–Trinajstić information content (AvgIpc) is 3.05. The quantitative estimate of drug-likeness (QED) is 0.254. The van der Waals surface area contributed by atoms with Crippen molar-refractivity contribution in [2.75, 3.05) is 18.0 Å². The number of nitrogens with two attached hydrogens (primary N) is 2. The van der Waals surface area contributed by atoms with Gasteiger partial charge in [-0.2, -0.15) is 13.2 Å². The Morgan fingerprint density at radius 1 is 1.19 bits per heavy atom. The zero-order chi connectivity index (χ0) is 24.6. The van der Waals surface area contributed by atoms with E-state index < -0.39 is 36.0 Å². The number of hydrogen-bond donors (Lipinski definition) is 6. The van der Waals surface area contributed by atoms with Crippen LogP contribution in [0.2, 0.25) is 0 Å². The highest BCUT2D eigenvalue weighted by Gasteiger charge is 2.41. The molecule has 1 fully saturated rings. The standard InChI is InChI=1S/C16H21N5O4.C2HF3O2/c17-13(18)9-1-3-10(4-2-9)21-8-6-11(14(21)22)12(15(23)24)5-7-20-16(19)25;3-2(4,5)1(6)7/h1-4,11-12H,5-8H2,(H3,17,18)(H,23,24)(H3,19,20,25);(H,6,7). The lowest BCUT2D eigenvalue weighted by atomic mass is 9.88. The van der Waals surface area contributed by atoms with Crippen molar-refractivity contribution < 1.29 is 42.6 Å². The van der Waals surface area contributed by atoms with E-state index in [1.54, 1.807) is 24.3 Å². The predicted molar refractivity (Wildman–Crippen MR) is 105 cm³/mol. The van der Waals surface area contributed by atoms with Crippen molar-refractivity contribution in [2.24, 2.45) is 23.3 Å². The van der Waals surface area contributed by atoms with Crippen molar-refractivity contribution in [3.05, 3.63) is 29.8 Å². The van der Waals surface area contributed by atoms with Crippen molar-refractivity contribution in [2.45, 2.75) is 19.0 Å². The monoisotopic (exact) mass is 461 g/mol. The summed E-state index contributed by atoms with van der Waals surface area (Å²) in [5.74, 6) is -5.70. The van der Waals surface area contributed by atoms with E-state index in [2.05, 4.69) is 5.32 Å². The number of carboxylic acid groups (broad SMARTS) is 2. The number of nitrogen functional groups attached to an aromatic ring is 1. The maximum Gasteiger partial charge on any atom is 0.490 e. The number of primary amides is 1. The summed E-state index contributed by atoms with van der Waals surface area (Å²) in [4.78, 5) is 45.3. The molecule has 1 aromatic rings. The van der Waals surface area contributed by atoms with Crippen LogP contribution in [0, 0.1) is 17.2 Å². The number of nitrogens with one attached hydrogen (secondary N) is 2. The smallest absolute Gasteiger partial charge is 0.481 e. The maximum absolute atomic E-state index is 12.7. The van der Waals surface area contributed by atoms with Crippen LogP contribution in [0.5, 0.6) is 0 Å². The lowest BCUT2D eigenvalue weighted by Gasteiger charge is -2.20. The Morgan fingerprint density at radius 2 is 1.72 bits per heavy atom. The summed E-state index contributed by atoms with van der Waals surface area (Å²) in [7, 11) is 0. The fourth-order valence-electron chi connectivity index (χ4n) is 3.00. The van der Waals surface area contributed by atoms with Crippen LogP contribution >= 0.6 is 0 Å². The second-order valence-electron chi connectivity index (χ2n) is 6.67. The van der Waals surface area contributed by atoms with E-state index in [-0.39, 0.29) is 24.7 Å². The minimum absolute atomic E-state index is 0.0648. The van der Waals surface area contributed by atoms with Crippen LogP contribution in [-0.2, 0) is 14.4 Å². The number of carbonyl (C=O) groups is 4. The van der Waals surface area contributed by atoms with Crippen LogP contribution in [0.1, 0.15) is 18.4 Å². The van der Waals surface area contributed by atoms with E-state index in [9.17, 15) is 32.7 Å². The summed E-state index contributed by atoms with van der Waals surface area (Å²) in [5.41, 5.74) is 11.6. The van der Waals surface area contributed by atoms with E-state index in [4.69, 9.17) is 26.8 Å². The number of carbonyl (C=O) groups excluding carboxylic acids is 2. The molecule has 0 radical (unpaired) electrons. The van der Waals surface area contributed by atoms with E-state index in [0.29, 0.717) is 24.2 Å². The molecule has 1 aliphatic heterocycles. The number of benzene rings is 1. The molecule has 1 saturated heterocycles. The number of nitrogens with zero attached hydrogens (tertiary/aromatic N) is 1. The first kappa shape index (κ1) is 26.2. The van der Waals surface area contributed by atoms with Crippen LogP contribution in [0.3, 0.4) is 0 Å². The number of urea groups is 1. The van der Waals surface area contributed by atoms with Gasteiger partial charge in [-0.25, -0.2) is 9.59 Å². The molecule has 2 atom stereocenters. The van der Waals surface area contributed by atoms with Gasteiger partial charge in [0, 0.05) is 24.3 Å². The molecule has 11 nitrogen and oxygen atoms in total. The predicted octanol–water partition coefficient (Wildman–Crippen LogP) is 0.716. The van der Waals surface area contributed by atoms with Crippen LogP contribution in [-0.4, -0.2) is 59.2 Å². The molecule has 1 heterocycles. The van der Waals surface area contributed by atoms with Crippen LogP contribution in [0.4, 0.5) is 23.7 Å². The number of alkyl halides is 3. The molecule has 3 amide bonds. The molecule has 176 valence electrons. The van der Waals surface area contributed by atoms with Gasteiger partial charge >= 0.3 is 24.1 Å². The largest absolute Gasteiger partial charge is 0.490 e. The fraction of sp³-hybridized carbons (Fsp3) is 0.389. The first-order chi connectivity index (χ1) is 14.8. The number of carboxylic acids is 2. The van der Waals surface area contributed by atoms with Crippen molar-refractivity contribution in [1.82, 2.24) is 5.32 Å². The number of amides is 3. The van der Waals surface area contributed by atoms with Gasteiger partial charge in [0.1, 0.15) is 5.84 Å². The van der Waals surface area contributed by atoms with Gasteiger partial charge < -0.3 is 31.9 Å². The minimum Gasteiger partial charge on any atom is -0.481 e. The van der Waals surface area contributed by atoms with Crippen molar-refractivity contribution >= 4 is 35.4 Å². The van der Waals surface area contributed by atoms with Gasteiger partial charge in [0.15, 0.2) is 0 Å². The second kappa shape index (κ2) is 11.0. The number of amidine groups is 1. The van der Waals surface area contributed by atoms with Gasteiger partial charge in [0.2, 0.25) is 5.91 Å². The van der Waals surface area contributed by atoms with E-state index in [1.807, 2.05) is 0 Å². The van der Waals surface area contributed by atoms with Gasteiger partial charge in [0.25, 0.3) is 0 Å². The third kappa shape index (κ3) is 7.45. The second-order valence-corrected chi connectivity index (χ2v) is 6.67. The number of rotatable bonds is 7. The van der Waals surface area contributed by atoms with E-state index in [0.717, 1.165) is 0 Å². The summed E-state index contributed by atoms with van der Waals surface area (Å²) in [6.45, 7) is 0.513. The topological polar surface area (TPSA) is 200 Å². The normalized spacial score (nSPS) is 16.5. The molecular formula is C18H22F3N5O6. The SMILES string of the molecule is N=C(N)c1ccc(N2CCC(C(CCNC(N)=O)C(=O)O)C2=O)cc1.O=C(O)C(F)(F)F. The zero-order valence-electron chi connectivity index (χ0n) is 16.6. The van der Waals surface area contributed by atoms with Crippen molar-refractivity contribution in [3.63, 3.8) is 0 Å². The molecule has 14 heteroatoms. The third-order valence-electron chi connectivity index (χ3n) is 4.54. The number of hydrogen-bond acceptors (Lipinski definition) is 5. The number of halogens is 3. The Hall–Kier alpha value is -3.84. The van der Waals surface area contributed by atoms with E-state index >= 15 is 0 Å². The summed E-state index contributed by atoms with van der Waals surface area (Å²) in [5, 5.41) is 26.3. The third-order valence-corrected chi connectivity index (χ3v) is 4.54. The molecule has 8 N–H and O–H groups in total. The molecule has 2 rings (SSSR count). The minimum atomic E-state index is -5.08. The highest BCUT2D eigenvalue weighted by molar-refractivity contribution is 6.00. The Labute approximate surface area is 179 Å². The van der Waals surface area contributed by atoms with Crippen LogP contribution in [0.15, 0.2) is 24.3 Å². The Balaban J connectivity index is 0.000000633. The fourth-order valence-corrected chi connectivity index (χ4v) is 3.00. The Kier molecular flexibility index (Phi) is 8.98. The molecule has 0 aliphatic carbocycles. The van der Waals surface area contributed by atoms with E-state index in [1.165, 1.54) is 4.90 Å². The molecule has 1 aliphatic rings. The maximum atomic E-state index is 12.7. The Bertz CT molecular complexity index is 875. The van der Waals surface area contributed by atoms with Gasteiger partial charge in [-0.3, -0.25) is 15.0 Å². The molecule has 0 saturated carbocycles.